The number of nitrogens with one attached hydrogen (secondary N) is 1. The van der Waals surface area contributed by atoms with Crippen molar-refractivity contribution in [2.45, 2.75) is 25.8 Å². The van der Waals surface area contributed by atoms with E-state index < -0.39 is 17.9 Å². The number of amides is 1. The van der Waals surface area contributed by atoms with Crippen molar-refractivity contribution in [3.05, 3.63) is 0 Å². The molecule has 0 rings (SSSR count). The van der Waals surface area contributed by atoms with E-state index in [9.17, 15) is 9.59 Å². The normalized spacial score (nSPS) is 12.4. The van der Waals surface area contributed by atoms with Crippen LogP contribution < -0.4 is 11.1 Å². The second kappa shape index (κ2) is 5.54. The van der Waals surface area contributed by atoms with Crippen LogP contribution in [0.25, 0.3) is 0 Å². The van der Waals surface area contributed by atoms with E-state index in [4.69, 9.17) is 10.8 Å². The number of rotatable bonds is 6. The zero-order valence-electron chi connectivity index (χ0n) is 7.04. The van der Waals surface area contributed by atoms with Crippen LogP contribution >= 0.6 is 0 Å². The molecule has 12 heavy (non-hydrogen) atoms. The Bertz CT molecular complexity index is 170. The van der Waals surface area contributed by atoms with Crippen LogP contribution in [0.5, 0.6) is 0 Å². The molecular formula is C7H14N2O3. The van der Waals surface area contributed by atoms with Gasteiger partial charge in [-0.2, -0.15) is 0 Å². The summed E-state index contributed by atoms with van der Waals surface area (Å²) in [5.41, 5.74) is 5.01. The molecule has 0 saturated heterocycles. The van der Waals surface area contributed by atoms with E-state index >= 15 is 0 Å². The van der Waals surface area contributed by atoms with E-state index in [2.05, 4.69) is 5.32 Å². The molecule has 70 valence electrons. The van der Waals surface area contributed by atoms with Gasteiger partial charge in [0.05, 0.1) is 6.04 Å². The van der Waals surface area contributed by atoms with Gasteiger partial charge < -0.3 is 16.2 Å². The van der Waals surface area contributed by atoms with E-state index in [0.29, 0.717) is 6.54 Å². The Balaban J connectivity index is 3.79. The smallest absolute Gasteiger partial charge is 0.303 e. The molecule has 0 bridgehead atoms. The van der Waals surface area contributed by atoms with E-state index in [0.717, 1.165) is 0 Å². The number of aliphatic carboxylic acids is 1. The lowest BCUT2D eigenvalue weighted by molar-refractivity contribution is -0.137. The molecule has 0 saturated carbocycles. The molecule has 1 amide bonds. The second-order valence-electron chi connectivity index (χ2n) is 2.45. The maximum absolute atomic E-state index is 10.7. The van der Waals surface area contributed by atoms with Gasteiger partial charge in [0.15, 0.2) is 0 Å². The summed E-state index contributed by atoms with van der Waals surface area (Å²) in [7, 11) is 0. The van der Waals surface area contributed by atoms with Crippen molar-refractivity contribution in [1.82, 2.24) is 5.32 Å². The lowest BCUT2D eigenvalue weighted by Gasteiger charge is -2.11. The molecule has 0 aliphatic rings. The topological polar surface area (TPSA) is 92.4 Å². The molecule has 0 unspecified atom stereocenters. The highest BCUT2D eigenvalue weighted by atomic mass is 16.4. The number of carbonyl (C=O) groups excluding carboxylic acids is 1. The average molecular weight is 174 g/mol. The summed E-state index contributed by atoms with van der Waals surface area (Å²) < 4.78 is 0. The number of primary amides is 1. The molecule has 0 aromatic rings. The van der Waals surface area contributed by atoms with Crippen molar-refractivity contribution in [1.29, 1.82) is 0 Å². The fourth-order valence-corrected chi connectivity index (χ4v) is 0.859. The Kier molecular flexibility index (Phi) is 5.03. The average Bonchev–Trinajstić information content (AvgIpc) is 1.96. The minimum absolute atomic E-state index is 0.0411. The zero-order chi connectivity index (χ0) is 9.56. The number of likely N-dealkylation sites (N-methyl/N-ethyl adjacent to an activating group) is 1. The lowest BCUT2D eigenvalue weighted by Crippen LogP contribution is -2.41. The second-order valence-corrected chi connectivity index (χ2v) is 2.45. The largest absolute Gasteiger partial charge is 0.481 e. The molecule has 0 fully saturated rings. The number of hydrogen-bond donors (Lipinski definition) is 3. The van der Waals surface area contributed by atoms with Gasteiger partial charge in [0.1, 0.15) is 0 Å². The number of hydrogen-bond acceptors (Lipinski definition) is 3. The first-order valence-electron chi connectivity index (χ1n) is 3.82. The van der Waals surface area contributed by atoms with Crippen molar-refractivity contribution in [3.63, 3.8) is 0 Å². The molecule has 0 aliphatic heterocycles. The van der Waals surface area contributed by atoms with Crippen LogP contribution in [0.3, 0.4) is 0 Å². The summed E-state index contributed by atoms with van der Waals surface area (Å²) >= 11 is 0. The van der Waals surface area contributed by atoms with Gasteiger partial charge in [-0.25, -0.2) is 0 Å². The molecule has 0 aromatic heterocycles. The molecule has 4 N–H and O–H groups in total. The van der Waals surface area contributed by atoms with E-state index in [1.54, 1.807) is 0 Å². The van der Waals surface area contributed by atoms with Gasteiger partial charge in [0.2, 0.25) is 5.91 Å². The maximum atomic E-state index is 10.7. The van der Waals surface area contributed by atoms with Crippen molar-refractivity contribution in [3.8, 4) is 0 Å². The fourth-order valence-electron chi connectivity index (χ4n) is 0.859. The summed E-state index contributed by atoms with van der Waals surface area (Å²) in [5, 5.41) is 11.1. The highest BCUT2D eigenvalue weighted by molar-refractivity contribution is 5.80. The molecule has 1 atom stereocenters. The minimum Gasteiger partial charge on any atom is -0.481 e. The molecule has 0 aromatic carbocycles. The third-order valence-electron chi connectivity index (χ3n) is 1.44. The highest BCUT2D eigenvalue weighted by Gasteiger charge is 2.14. The predicted octanol–water partition coefficient (Wildman–Crippen LogP) is -0.685. The molecule has 5 heteroatoms. The van der Waals surface area contributed by atoms with Crippen molar-refractivity contribution >= 4 is 11.9 Å². The van der Waals surface area contributed by atoms with Crippen LogP contribution in [0.15, 0.2) is 0 Å². The summed E-state index contributed by atoms with van der Waals surface area (Å²) in [6.45, 7) is 2.43. The van der Waals surface area contributed by atoms with Crippen LogP contribution in [-0.2, 0) is 9.59 Å². The standard InChI is InChI=1S/C7H14N2O3/c1-2-9-5(7(8)12)3-4-6(10)11/h5,9H,2-4H2,1H3,(H2,8,12)(H,10,11)/t5-/m0/s1. The Morgan fingerprint density at radius 3 is 2.50 bits per heavy atom. The minimum atomic E-state index is -0.917. The summed E-state index contributed by atoms with van der Waals surface area (Å²) in [5.74, 6) is -1.42. The molecular weight excluding hydrogens is 160 g/mol. The van der Waals surface area contributed by atoms with Crippen LogP contribution in [0.2, 0.25) is 0 Å². The first kappa shape index (κ1) is 10.9. The zero-order valence-corrected chi connectivity index (χ0v) is 7.04. The number of carbonyl (C=O) groups is 2. The Hall–Kier alpha value is -1.10. The summed E-state index contributed by atoms with van der Waals surface area (Å²) in [4.78, 5) is 20.8. The van der Waals surface area contributed by atoms with E-state index in [1.165, 1.54) is 0 Å². The Morgan fingerprint density at radius 1 is 1.58 bits per heavy atom. The van der Waals surface area contributed by atoms with Gasteiger partial charge >= 0.3 is 5.97 Å². The van der Waals surface area contributed by atoms with Gasteiger partial charge in [-0.15, -0.1) is 0 Å². The maximum Gasteiger partial charge on any atom is 0.303 e. The van der Waals surface area contributed by atoms with Crippen molar-refractivity contribution in [2.75, 3.05) is 6.54 Å². The van der Waals surface area contributed by atoms with Crippen LogP contribution in [0.1, 0.15) is 19.8 Å². The predicted molar refractivity (Wildman–Crippen MR) is 43.5 cm³/mol. The first-order chi connectivity index (χ1) is 5.57. The molecule has 0 aliphatic carbocycles. The third-order valence-corrected chi connectivity index (χ3v) is 1.44. The summed E-state index contributed by atoms with van der Waals surface area (Å²) in [6, 6.07) is -0.522. The van der Waals surface area contributed by atoms with Crippen LogP contribution in [-0.4, -0.2) is 29.6 Å². The lowest BCUT2D eigenvalue weighted by atomic mass is 10.1. The van der Waals surface area contributed by atoms with Gasteiger partial charge in [-0.05, 0) is 13.0 Å². The third kappa shape index (κ3) is 4.68. The van der Waals surface area contributed by atoms with Crippen molar-refractivity contribution < 1.29 is 14.7 Å². The fraction of sp³-hybridized carbons (Fsp3) is 0.714. The van der Waals surface area contributed by atoms with Crippen molar-refractivity contribution in [2.24, 2.45) is 5.73 Å². The SMILES string of the molecule is CCN[C@@H](CCC(=O)O)C(N)=O. The van der Waals surface area contributed by atoms with E-state index in [-0.39, 0.29) is 12.8 Å². The van der Waals surface area contributed by atoms with E-state index in [1.807, 2.05) is 6.92 Å². The van der Waals surface area contributed by atoms with Gasteiger partial charge in [0, 0.05) is 6.42 Å². The highest BCUT2D eigenvalue weighted by Crippen LogP contribution is 1.96. The number of carboxylic acids is 1. The number of carboxylic acid groups (broad SMARTS) is 1. The monoisotopic (exact) mass is 174 g/mol. The quantitative estimate of drug-likeness (QED) is 0.497. The van der Waals surface area contributed by atoms with Gasteiger partial charge in [-0.3, -0.25) is 9.59 Å². The first-order valence-corrected chi connectivity index (χ1v) is 3.82. The van der Waals surface area contributed by atoms with Crippen LogP contribution in [0, 0.1) is 0 Å². The molecule has 0 heterocycles. The van der Waals surface area contributed by atoms with Gasteiger partial charge in [0.25, 0.3) is 0 Å². The molecule has 5 nitrogen and oxygen atoms in total. The Labute approximate surface area is 70.9 Å². The molecule has 0 radical (unpaired) electrons. The summed E-state index contributed by atoms with van der Waals surface area (Å²) in [6.07, 6.45) is 0.207. The van der Waals surface area contributed by atoms with Gasteiger partial charge in [-0.1, -0.05) is 6.92 Å². The number of nitrogens with two attached hydrogens (primary N) is 1. The Morgan fingerprint density at radius 2 is 2.17 bits per heavy atom. The van der Waals surface area contributed by atoms with Crippen LogP contribution in [0.4, 0.5) is 0 Å². The molecule has 0 spiro atoms.